The van der Waals surface area contributed by atoms with Gasteiger partial charge in [0.15, 0.2) is 11.6 Å². The Labute approximate surface area is 163 Å². The van der Waals surface area contributed by atoms with Crippen molar-refractivity contribution in [2.45, 2.75) is 39.2 Å². The SMILES string of the molecule is CC[C@@H](NC(=O)c1ccc(-c2ccc3c(c2)CCC3=O)cc1)c1nc(C)no1. The maximum absolute atomic E-state index is 12.6. The van der Waals surface area contributed by atoms with E-state index in [4.69, 9.17) is 4.52 Å². The number of benzene rings is 2. The molecule has 0 fully saturated rings. The quantitative estimate of drug-likeness (QED) is 0.727. The summed E-state index contributed by atoms with van der Waals surface area (Å²) in [5.74, 6) is 0.991. The second-order valence-corrected chi connectivity index (χ2v) is 6.99. The third-order valence-corrected chi connectivity index (χ3v) is 5.06. The molecule has 0 bridgehead atoms. The van der Waals surface area contributed by atoms with Gasteiger partial charge in [-0.1, -0.05) is 42.4 Å². The molecule has 0 spiro atoms. The molecule has 1 aliphatic rings. The maximum Gasteiger partial charge on any atom is 0.251 e. The van der Waals surface area contributed by atoms with Gasteiger partial charge in [-0.05, 0) is 48.6 Å². The summed E-state index contributed by atoms with van der Waals surface area (Å²) in [5.41, 5.74) is 4.56. The van der Waals surface area contributed by atoms with Crippen LogP contribution in [-0.4, -0.2) is 21.8 Å². The Hall–Kier alpha value is -3.28. The lowest BCUT2D eigenvalue weighted by Crippen LogP contribution is -2.28. The van der Waals surface area contributed by atoms with Crippen molar-refractivity contribution in [3.05, 3.63) is 70.9 Å². The highest BCUT2D eigenvalue weighted by Gasteiger charge is 2.21. The van der Waals surface area contributed by atoms with Crippen molar-refractivity contribution in [2.24, 2.45) is 0 Å². The van der Waals surface area contributed by atoms with Gasteiger partial charge in [-0.2, -0.15) is 4.98 Å². The van der Waals surface area contributed by atoms with Gasteiger partial charge in [0.25, 0.3) is 5.91 Å². The Morgan fingerprint density at radius 1 is 1.14 bits per heavy atom. The van der Waals surface area contributed by atoms with Crippen LogP contribution in [0.2, 0.25) is 0 Å². The fourth-order valence-electron chi connectivity index (χ4n) is 3.48. The largest absolute Gasteiger partial charge is 0.340 e. The van der Waals surface area contributed by atoms with Gasteiger partial charge < -0.3 is 9.84 Å². The molecule has 1 heterocycles. The predicted octanol–water partition coefficient (Wildman–Crippen LogP) is 4.06. The molecule has 1 amide bonds. The molecule has 1 atom stereocenters. The van der Waals surface area contributed by atoms with Gasteiger partial charge in [0.1, 0.15) is 6.04 Å². The number of carbonyl (C=O) groups excluding carboxylic acids is 2. The van der Waals surface area contributed by atoms with Crippen molar-refractivity contribution in [1.82, 2.24) is 15.5 Å². The number of ketones is 1. The topological polar surface area (TPSA) is 85.1 Å². The number of amides is 1. The van der Waals surface area contributed by atoms with Gasteiger partial charge in [-0.3, -0.25) is 9.59 Å². The fourth-order valence-corrected chi connectivity index (χ4v) is 3.48. The maximum atomic E-state index is 12.6. The predicted molar refractivity (Wildman–Crippen MR) is 104 cm³/mol. The molecule has 1 N–H and O–H groups in total. The number of nitrogens with one attached hydrogen (secondary N) is 1. The Balaban J connectivity index is 1.50. The number of aryl methyl sites for hydroxylation is 2. The molecule has 3 aromatic rings. The molecule has 6 nitrogen and oxygen atoms in total. The molecule has 0 aliphatic heterocycles. The van der Waals surface area contributed by atoms with Gasteiger partial charge in [0, 0.05) is 17.5 Å². The van der Waals surface area contributed by atoms with Crippen LogP contribution in [0.3, 0.4) is 0 Å². The third-order valence-electron chi connectivity index (χ3n) is 5.06. The summed E-state index contributed by atoms with van der Waals surface area (Å²) in [5, 5.41) is 6.72. The minimum atomic E-state index is -0.317. The third kappa shape index (κ3) is 3.45. The van der Waals surface area contributed by atoms with Crippen LogP contribution in [-0.2, 0) is 6.42 Å². The zero-order valence-corrected chi connectivity index (χ0v) is 15.9. The number of Topliss-reactive ketones (excluding diaryl/α,β-unsaturated/α-hetero) is 1. The molecule has 2 aromatic carbocycles. The number of nitrogens with zero attached hydrogens (tertiary/aromatic N) is 2. The van der Waals surface area contributed by atoms with E-state index in [9.17, 15) is 9.59 Å². The number of carbonyl (C=O) groups is 2. The van der Waals surface area contributed by atoms with Crippen molar-refractivity contribution >= 4 is 11.7 Å². The van der Waals surface area contributed by atoms with Crippen molar-refractivity contribution in [1.29, 1.82) is 0 Å². The number of hydrogen-bond donors (Lipinski definition) is 1. The number of fused-ring (bicyclic) bond motifs is 1. The summed E-state index contributed by atoms with van der Waals surface area (Å²) >= 11 is 0. The molecular formula is C22H21N3O3. The standard InChI is InChI=1S/C22H21N3O3/c1-3-19(22-23-13(2)25-28-22)24-21(27)15-6-4-14(5-7-15)16-8-10-18-17(12-16)9-11-20(18)26/h4-8,10,12,19H,3,9,11H2,1-2H3,(H,24,27)/t19-/m1/s1. The molecule has 0 saturated carbocycles. The van der Waals surface area contributed by atoms with E-state index >= 15 is 0 Å². The van der Waals surface area contributed by atoms with E-state index in [-0.39, 0.29) is 17.7 Å². The summed E-state index contributed by atoms with van der Waals surface area (Å²) in [6.45, 7) is 3.70. The van der Waals surface area contributed by atoms with E-state index in [0.717, 1.165) is 28.7 Å². The monoisotopic (exact) mass is 375 g/mol. The summed E-state index contributed by atoms with van der Waals surface area (Å²) in [6.07, 6.45) is 2.05. The molecule has 28 heavy (non-hydrogen) atoms. The Morgan fingerprint density at radius 2 is 1.89 bits per heavy atom. The molecule has 1 aliphatic carbocycles. The molecule has 6 heteroatoms. The minimum absolute atomic E-state index is 0.186. The summed E-state index contributed by atoms with van der Waals surface area (Å²) in [6, 6.07) is 13.1. The zero-order valence-electron chi connectivity index (χ0n) is 15.9. The molecular weight excluding hydrogens is 354 g/mol. The van der Waals surface area contributed by atoms with Crippen molar-refractivity contribution in [2.75, 3.05) is 0 Å². The molecule has 0 radical (unpaired) electrons. The molecule has 4 rings (SSSR count). The van der Waals surface area contributed by atoms with E-state index in [1.165, 1.54) is 0 Å². The summed E-state index contributed by atoms with van der Waals surface area (Å²) in [4.78, 5) is 28.6. The Morgan fingerprint density at radius 3 is 2.57 bits per heavy atom. The first-order valence-electron chi connectivity index (χ1n) is 9.42. The van der Waals surface area contributed by atoms with Gasteiger partial charge in [0.05, 0.1) is 0 Å². The Bertz CT molecular complexity index is 1040. The first-order valence-corrected chi connectivity index (χ1v) is 9.42. The molecule has 0 unspecified atom stereocenters. The van der Waals surface area contributed by atoms with Crippen molar-refractivity contribution in [3.8, 4) is 11.1 Å². The highest BCUT2D eigenvalue weighted by atomic mass is 16.5. The van der Waals surface area contributed by atoms with Gasteiger partial charge in [0.2, 0.25) is 5.89 Å². The van der Waals surface area contributed by atoms with Crippen molar-refractivity contribution in [3.63, 3.8) is 0 Å². The minimum Gasteiger partial charge on any atom is -0.340 e. The lowest BCUT2D eigenvalue weighted by Gasteiger charge is -2.13. The zero-order chi connectivity index (χ0) is 19.7. The van der Waals surface area contributed by atoms with Crippen molar-refractivity contribution < 1.29 is 14.1 Å². The summed E-state index contributed by atoms with van der Waals surface area (Å²) in [7, 11) is 0. The van der Waals surface area contributed by atoms with E-state index < -0.39 is 0 Å². The molecule has 1 aromatic heterocycles. The first kappa shape index (κ1) is 18.1. The van der Waals surface area contributed by atoms with Crippen LogP contribution in [0.15, 0.2) is 47.0 Å². The molecule has 0 saturated heterocycles. The average Bonchev–Trinajstić information content (AvgIpc) is 3.31. The van der Waals surface area contributed by atoms with E-state index in [1.807, 2.05) is 31.2 Å². The normalized spacial score (nSPS) is 14.0. The first-order chi connectivity index (χ1) is 13.5. The second kappa shape index (κ2) is 7.38. The Kier molecular flexibility index (Phi) is 4.77. The summed E-state index contributed by atoms with van der Waals surface area (Å²) < 4.78 is 5.18. The number of aromatic nitrogens is 2. The van der Waals surface area contributed by atoms with E-state index in [1.54, 1.807) is 19.1 Å². The lowest BCUT2D eigenvalue weighted by molar-refractivity contribution is 0.0926. The van der Waals surface area contributed by atoms with Crippen LogP contribution in [0.25, 0.3) is 11.1 Å². The van der Waals surface area contributed by atoms with Crippen LogP contribution in [0.5, 0.6) is 0 Å². The molecule has 142 valence electrons. The highest BCUT2D eigenvalue weighted by Crippen LogP contribution is 2.28. The smallest absolute Gasteiger partial charge is 0.251 e. The van der Waals surface area contributed by atoms with Crippen LogP contribution < -0.4 is 5.32 Å². The average molecular weight is 375 g/mol. The van der Waals surface area contributed by atoms with Crippen LogP contribution in [0.4, 0.5) is 0 Å². The van der Waals surface area contributed by atoms with Crippen LogP contribution in [0, 0.1) is 6.92 Å². The van der Waals surface area contributed by atoms with Crippen LogP contribution >= 0.6 is 0 Å². The lowest BCUT2D eigenvalue weighted by atomic mass is 9.99. The number of rotatable bonds is 5. The van der Waals surface area contributed by atoms with Crippen LogP contribution in [0.1, 0.15) is 63.8 Å². The van der Waals surface area contributed by atoms with Gasteiger partial charge in [-0.15, -0.1) is 0 Å². The van der Waals surface area contributed by atoms with E-state index in [0.29, 0.717) is 30.1 Å². The van der Waals surface area contributed by atoms with E-state index in [2.05, 4.69) is 21.5 Å². The van der Waals surface area contributed by atoms with Gasteiger partial charge >= 0.3 is 0 Å². The second-order valence-electron chi connectivity index (χ2n) is 6.99. The van der Waals surface area contributed by atoms with Gasteiger partial charge in [-0.25, -0.2) is 0 Å². The highest BCUT2D eigenvalue weighted by molar-refractivity contribution is 6.01. The number of hydrogen-bond acceptors (Lipinski definition) is 5. The fraction of sp³-hybridized carbons (Fsp3) is 0.273.